The Morgan fingerprint density at radius 1 is 0.722 bits per heavy atom. The van der Waals surface area contributed by atoms with Gasteiger partial charge in [0.15, 0.2) is 5.78 Å². The Kier molecular flexibility index (Phi) is 11.8. The molecule has 3 aromatic rings. The van der Waals surface area contributed by atoms with Crippen molar-refractivity contribution < 1.29 is 14.3 Å². The first kappa shape index (κ1) is 27.8. The minimum atomic E-state index is 0.215. The lowest BCUT2D eigenvalue weighted by atomic mass is 9.97. The molecule has 0 aliphatic carbocycles. The Morgan fingerprint density at radius 2 is 1.31 bits per heavy atom. The number of fused-ring (bicyclic) bond motifs is 1. The van der Waals surface area contributed by atoms with Crippen LogP contribution in [0.15, 0.2) is 60.7 Å². The Labute approximate surface area is 218 Å². The van der Waals surface area contributed by atoms with Crippen LogP contribution >= 0.6 is 0 Å². The molecule has 0 bridgehead atoms. The summed E-state index contributed by atoms with van der Waals surface area (Å²) in [5, 5.41) is 2.29. The second-order valence-corrected chi connectivity index (χ2v) is 10.1. The summed E-state index contributed by atoms with van der Waals surface area (Å²) in [5.74, 6) is 2.41. The van der Waals surface area contributed by atoms with Crippen LogP contribution in [0.25, 0.3) is 10.8 Å². The van der Waals surface area contributed by atoms with E-state index in [2.05, 4.69) is 45.0 Å². The van der Waals surface area contributed by atoms with Crippen molar-refractivity contribution in [2.45, 2.75) is 91.6 Å². The number of Topliss-reactive ketones (excluding diaryl/α,β-unsaturated/α-hetero) is 1. The van der Waals surface area contributed by atoms with Gasteiger partial charge in [0.2, 0.25) is 0 Å². The van der Waals surface area contributed by atoms with E-state index in [1.54, 1.807) is 0 Å². The number of benzene rings is 3. The quantitative estimate of drug-likeness (QED) is 0.140. The van der Waals surface area contributed by atoms with Gasteiger partial charge in [0, 0.05) is 12.0 Å². The van der Waals surface area contributed by atoms with Crippen LogP contribution in [0.2, 0.25) is 0 Å². The summed E-state index contributed by atoms with van der Waals surface area (Å²) in [6.45, 7) is 7.76. The molecule has 3 rings (SSSR count). The third-order valence-corrected chi connectivity index (χ3v) is 6.96. The SMILES string of the molecule is CCCCCCCCCCOc1ccc2cc(OCc3ccc(C(=O)C[C@H](C)CC)cc3)ccc2c1. The molecule has 1 atom stereocenters. The predicted octanol–water partition coefficient (Wildman–Crippen LogP) is 9.56. The van der Waals surface area contributed by atoms with Crippen LogP contribution in [-0.2, 0) is 6.61 Å². The van der Waals surface area contributed by atoms with Crippen LogP contribution in [0.5, 0.6) is 11.5 Å². The van der Waals surface area contributed by atoms with E-state index < -0.39 is 0 Å². The van der Waals surface area contributed by atoms with Crippen molar-refractivity contribution in [3.8, 4) is 11.5 Å². The monoisotopic (exact) mass is 488 g/mol. The molecule has 0 spiro atoms. The molecule has 36 heavy (non-hydrogen) atoms. The smallest absolute Gasteiger partial charge is 0.163 e. The summed E-state index contributed by atoms with van der Waals surface area (Å²) < 4.78 is 12.0. The molecule has 0 aliphatic heterocycles. The van der Waals surface area contributed by atoms with Crippen molar-refractivity contribution in [1.82, 2.24) is 0 Å². The normalized spacial score (nSPS) is 12.0. The van der Waals surface area contributed by atoms with Crippen molar-refractivity contribution in [2.24, 2.45) is 5.92 Å². The van der Waals surface area contributed by atoms with E-state index >= 15 is 0 Å². The van der Waals surface area contributed by atoms with Crippen LogP contribution in [0, 0.1) is 5.92 Å². The fraction of sp³-hybridized carbons (Fsp3) is 0.485. The van der Waals surface area contributed by atoms with Gasteiger partial charge < -0.3 is 9.47 Å². The average Bonchev–Trinajstić information content (AvgIpc) is 2.91. The van der Waals surface area contributed by atoms with Crippen molar-refractivity contribution in [3.63, 3.8) is 0 Å². The van der Waals surface area contributed by atoms with Gasteiger partial charge in [-0.05, 0) is 52.9 Å². The van der Waals surface area contributed by atoms with Gasteiger partial charge in [-0.1, -0.05) is 109 Å². The number of ether oxygens (including phenoxy) is 2. The molecular formula is C33H44O3. The van der Waals surface area contributed by atoms with E-state index in [9.17, 15) is 4.79 Å². The highest BCUT2D eigenvalue weighted by Crippen LogP contribution is 2.26. The maximum Gasteiger partial charge on any atom is 0.163 e. The van der Waals surface area contributed by atoms with Crippen molar-refractivity contribution in [3.05, 3.63) is 71.8 Å². The van der Waals surface area contributed by atoms with Gasteiger partial charge in [-0.2, -0.15) is 0 Å². The summed E-state index contributed by atoms with van der Waals surface area (Å²) >= 11 is 0. The average molecular weight is 489 g/mol. The molecule has 3 heteroatoms. The van der Waals surface area contributed by atoms with E-state index in [4.69, 9.17) is 9.47 Å². The number of carbonyl (C=O) groups excluding carboxylic acids is 1. The van der Waals surface area contributed by atoms with Gasteiger partial charge in [-0.25, -0.2) is 0 Å². The highest BCUT2D eigenvalue weighted by Gasteiger charge is 2.10. The van der Waals surface area contributed by atoms with Crippen LogP contribution in [0.3, 0.4) is 0 Å². The van der Waals surface area contributed by atoms with Gasteiger partial charge in [0.1, 0.15) is 18.1 Å². The Bertz CT molecular complexity index is 1050. The summed E-state index contributed by atoms with van der Waals surface area (Å²) in [7, 11) is 0. The van der Waals surface area contributed by atoms with Crippen LogP contribution in [0.4, 0.5) is 0 Å². The third-order valence-electron chi connectivity index (χ3n) is 6.96. The van der Waals surface area contributed by atoms with E-state index in [0.29, 0.717) is 18.9 Å². The number of carbonyl (C=O) groups is 1. The highest BCUT2D eigenvalue weighted by molar-refractivity contribution is 5.96. The first-order chi connectivity index (χ1) is 17.6. The molecule has 0 heterocycles. The maximum atomic E-state index is 12.4. The van der Waals surface area contributed by atoms with Crippen molar-refractivity contribution in [2.75, 3.05) is 6.61 Å². The molecule has 3 nitrogen and oxygen atoms in total. The highest BCUT2D eigenvalue weighted by atomic mass is 16.5. The van der Waals surface area contributed by atoms with E-state index in [1.165, 1.54) is 44.9 Å². The largest absolute Gasteiger partial charge is 0.494 e. The van der Waals surface area contributed by atoms with Crippen molar-refractivity contribution >= 4 is 16.6 Å². The van der Waals surface area contributed by atoms with Gasteiger partial charge in [-0.15, -0.1) is 0 Å². The molecule has 0 N–H and O–H groups in total. The predicted molar refractivity (Wildman–Crippen MR) is 151 cm³/mol. The molecule has 194 valence electrons. The molecule has 0 aliphatic rings. The topological polar surface area (TPSA) is 35.5 Å². The molecule has 0 amide bonds. The molecule has 0 radical (unpaired) electrons. The zero-order valence-electron chi connectivity index (χ0n) is 22.6. The fourth-order valence-electron chi connectivity index (χ4n) is 4.34. The number of hydrogen-bond donors (Lipinski definition) is 0. The van der Waals surface area contributed by atoms with Crippen LogP contribution in [-0.4, -0.2) is 12.4 Å². The van der Waals surface area contributed by atoms with Gasteiger partial charge in [-0.3, -0.25) is 4.79 Å². The summed E-state index contributed by atoms with van der Waals surface area (Å²) in [6, 6.07) is 20.2. The molecule has 0 saturated heterocycles. The minimum Gasteiger partial charge on any atom is -0.494 e. The van der Waals surface area contributed by atoms with E-state index in [0.717, 1.165) is 52.8 Å². The second-order valence-electron chi connectivity index (χ2n) is 10.1. The number of unbranched alkanes of at least 4 members (excludes halogenated alkanes) is 7. The lowest BCUT2D eigenvalue weighted by Crippen LogP contribution is -2.05. The Morgan fingerprint density at radius 3 is 1.92 bits per heavy atom. The molecule has 0 unspecified atom stereocenters. The first-order valence-corrected chi connectivity index (χ1v) is 14.0. The lowest BCUT2D eigenvalue weighted by Gasteiger charge is -2.10. The first-order valence-electron chi connectivity index (χ1n) is 14.0. The maximum absolute atomic E-state index is 12.4. The van der Waals surface area contributed by atoms with Gasteiger partial charge in [0.25, 0.3) is 0 Å². The summed E-state index contributed by atoms with van der Waals surface area (Å²) in [4.78, 5) is 12.4. The molecule has 0 saturated carbocycles. The third kappa shape index (κ3) is 9.33. The van der Waals surface area contributed by atoms with Crippen LogP contribution < -0.4 is 9.47 Å². The van der Waals surface area contributed by atoms with Gasteiger partial charge in [0.05, 0.1) is 6.61 Å². The second kappa shape index (κ2) is 15.3. The summed E-state index contributed by atoms with van der Waals surface area (Å²) in [5.41, 5.74) is 1.84. The Hall–Kier alpha value is -2.81. The lowest BCUT2D eigenvalue weighted by molar-refractivity contribution is 0.0963. The summed E-state index contributed by atoms with van der Waals surface area (Å²) in [6.07, 6.45) is 12.1. The standard InChI is InChI=1S/C33H44O3/c1-4-6-7-8-9-10-11-12-21-35-31-19-17-30-24-32(20-18-29(30)23-31)36-25-27-13-15-28(16-14-27)33(34)22-26(3)5-2/h13-20,23-24,26H,4-12,21-22,25H2,1-3H3/t26-/m1/s1. The fourth-order valence-corrected chi connectivity index (χ4v) is 4.34. The van der Waals surface area contributed by atoms with E-state index in [1.807, 2.05) is 36.4 Å². The Balaban J connectivity index is 1.42. The zero-order chi connectivity index (χ0) is 25.6. The molecular weight excluding hydrogens is 444 g/mol. The van der Waals surface area contributed by atoms with Gasteiger partial charge >= 0.3 is 0 Å². The van der Waals surface area contributed by atoms with Crippen molar-refractivity contribution in [1.29, 1.82) is 0 Å². The minimum absolute atomic E-state index is 0.215. The number of rotatable bonds is 17. The van der Waals surface area contributed by atoms with Crippen LogP contribution in [0.1, 0.15) is 101 Å². The van der Waals surface area contributed by atoms with E-state index in [-0.39, 0.29) is 5.78 Å². The number of ketones is 1. The molecule has 0 aromatic heterocycles. The zero-order valence-corrected chi connectivity index (χ0v) is 22.6. The number of hydrogen-bond acceptors (Lipinski definition) is 3. The molecule has 3 aromatic carbocycles. The molecule has 0 fully saturated rings.